The van der Waals surface area contributed by atoms with E-state index in [-0.39, 0.29) is 29.1 Å². The van der Waals surface area contributed by atoms with Crippen molar-refractivity contribution < 1.29 is 18.0 Å². The summed E-state index contributed by atoms with van der Waals surface area (Å²) in [6.07, 6.45) is -3.52. The van der Waals surface area contributed by atoms with Gasteiger partial charge in [0.05, 0.1) is 11.6 Å². The molecule has 1 aliphatic heterocycles. The van der Waals surface area contributed by atoms with Gasteiger partial charge in [-0.25, -0.2) is 0 Å². The summed E-state index contributed by atoms with van der Waals surface area (Å²) in [6, 6.07) is 3.49. The van der Waals surface area contributed by atoms with E-state index in [0.717, 1.165) is 19.0 Å². The quantitative estimate of drug-likeness (QED) is 0.877. The fourth-order valence-corrected chi connectivity index (χ4v) is 2.41. The van der Waals surface area contributed by atoms with Gasteiger partial charge in [-0.3, -0.25) is 4.79 Å². The number of carbonyl (C=O) groups is 1. The van der Waals surface area contributed by atoms with E-state index in [4.69, 9.17) is 0 Å². The Morgan fingerprint density at radius 2 is 2.10 bits per heavy atom. The number of benzene rings is 1. The number of amides is 1. The highest BCUT2D eigenvalue weighted by atomic mass is 19.4. The van der Waals surface area contributed by atoms with Crippen molar-refractivity contribution in [3.63, 3.8) is 0 Å². The number of carbonyl (C=O) groups excluding carboxylic acids is 1. The van der Waals surface area contributed by atoms with Crippen LogP contribution in [0.4, 0.5) is 18.9 Å². The molecule has 6 heteroatoms. The lowest BCUT2D eigenvalue weighted by Crippen LogP contribution is -2.39. The number of nitrogens with one attached hydrogen (secondary N) is 2. The minimum atomic E-state index is -4.41. The summed E-state index contributed by atoms with van der Waals surface area (Å²) in [7, 11) is 0. The van der Waals surface area contributed by atoms with E-state index in [1.54, 1.807) is 0 Å². The first-order chi connectivity index (χ1) is 9.29. The molecule has 2 atom stereocenters. The van der Waals surface area contributed by atoms with E-state index < -0.39 is 11.7 Å². The molecule has 1 fully saturated rings. The zero-order chi connectivity index (χ0) is 14.9. The smallest absolute Gasteiger partial charge is 0.325 e. The highest BCUT2D eigenvalue weighted by Crippen LogP contribution is 2.33. The average Bonchev–Trinajstić information content (AvgIpc) is 2.76. The molecular weight excluding hydrogens is 269 g/mol. The zero-order valence-corrected chi connectivity index (χ0v) is 11.3. The van der Waals surface area contributed by atoms with Crippen LogP contribution in [0.15, 0.2) is 18.2 Å². The number of alkyl halides is 3. The number of aryl methyl sites for hydroxylation is 1. The lowest BCUT2D eigenvalue weighted by Gasteiger charge is -2.17. The van der Waals surface area contributed by atoms with Gasteiger partial charge in [0.15, 0.2) is 0 Å². The van der Waals surface area contributed by atoms with Crippen LogP contribution in [0.2, 0.25) is 0 Å². The molecule has 2 unspecified atom stereocenters. The van der Waals surface area contributed by atoms with Gasteiger partial charge in [-0.1, -0.05) is 13.0 Å². The Kier molecular flexibility index (Phi) is 4.04. The third-order valence-corrected chi connectivity index (χ3v) is 3.63. The molecule has 3 nitrogen and oxygen atoms in total. The van der Waals surface area contributed by atoms with Crippen molar-refractivity contribution in [2.45, 2.75) is 32.5 Å². The Bertz CT molecular complexity index is 514. The van der Waals surface area contributed by atoms with Crippen LogP contribution in [-0.4, -0.2) is 18.5 Å². The van der Waals surface area contributed by atoms with Crippen LogP contribution in [0.1, 0.15) is 24.5 Å². The monoisotopic (exact) mass is 286 g/mol. The second-order valence-corrected chi connectivity index (χ2v) is 5.21. The largest absolute Gasteiger partial charge is 0.416 e. The van der Waals surface area contributed by atoms with Crippen LogP contribution in [-0.2, 0) is 11.0 Å². The Balaban J connectivity index is 2.16. The van der Waals surface area contributed by atoms with E-state index in [2.05, 4.69) is 10.6 Å². The standard InChI is InChI=1S/C14H17F3N2O/c1-8-3-4-10(7-11(8)14(15,16)17)19-13(20)12-9(2)5-6-18-12/h3-4,7,9,12,18H,5-6H2,1-2H3,(H,19,20). The van der Waals surface area contributed by atoms with Crippen LogP contribution in [0.3, 0.4) is 0 Å². The summed E-state index contributed by atoms with van der Waals surface area (Å²) >= 11 is 0. The van der Waals surface area contributed by atoms with E-state index in [0.29, 0.717) is 0 Å². The molecule has 1 heterocycles. The van der Waals surface area contributed by atoms with Crippen LogP contribution < -0.4 is 10.6 Å². The fraction of sp³-hybridized carbons (Fsp3) is 0.500. The predicted molar refractivity (Wildman–Crippen MR) is 70.4 cm³/mol. The maximum atomic E-state index is 12.8. The Hall–Kier alpha value is -1.56. The van der Waals surface area contributed by atoms with E-state index in [1.807, 2.05) is 6.92 Å². The summed E-state index contributed by atoms with van der Waals surface area (Å²) in [5.74, 6) is -0.102. The van der Waals surface area contributed by atoms with Crippen molar-refractivity contribution in [3.05, 3.63) is 29.3 Å². The van der Waals surface area contributed by atoms with E-state index >= 15 is 0 Å². The molecule has 0 aromatic heterocycles. The molecule has 2 N–H and O–H groups in total. The maximum absolute atomic E-state index is 12.8. The summed E-state index contributed by atoms with van der Waals surface area (Å²) in [5.41, 5.74) is -0.403. The first-order valence-electron chi connectivity index (χ1n) is 6.51. The lowest BCUT2D eigenvalue weighted by atomic mass is 10.0. The van der Waals surface area contributed by atoms with Crippen molar-refractivity contribution in [2.75, 3.05) is 11.9 Å². The minimum Gasteiger partial charge on any atom is -0.325 e. The maximum Gasteiger partial charge on any atom is 0.416 e. The fourth-order valence-electron chi connectivity index (χ4n) is 2.41. The zero-order valence-electron chi connectivity index (χ0n) is 11.3. The topological polar surface area (TPSA) is 41.1 Å². The molecule has 20 heavy (non-hydrogen) atoms. The molecule has 0 spiro atoms. The Morgan fingerprint density at radius 3 is 2.65 bits per heavy atom. The third-order valence-electron chi connectivity index (χ3n) is 3.63. The van der Waals surface area contributed by atoms with Crippen molar-refractivity contribution in [3.8, 4) is 0 Å². The normalized spacial score (nSPS) is 22.9. The van der Waals surface area contributed by atoms with Gasteiger partial charge in [-0.2, -0.15) is 13.2 Å². The molecule has 0 aliphatic carbocycles. The van der Waals surface area contributed by atoms with Crippen molar-refractivity contribution >= 4 is 11.6 Å². The first kappa shape index (κ1) is 14.8. The molecule has 1 aromatic rings. The molecule has 1 aromatic carbocycles. The molecule has 0 bridgehead atoms. The third kappa shape index (κ3) is 3.12. The van der Waals surface area contributed by atoms with Gasteiger partial charge >= 0.3 is 6.18 Å². The molecule has 1 amide bonds. The second kappa shape index (κ2) is 5.44. The van der Waals surface area contributed by atoms with Crippen LogP contribution in [0.25, 0.3) is 0 Å². The number of anilines is 1. The summed E-state index contributed by atoms with van der Waals surface area (Å²) in [6.45, 7) is 4.09. The Labute approximate surface area is 115 Å². The van der Waals surface area contributed by atoms with Gasteiger partial charge in [0, 0.05) is 5.69 Å². The van der Waals surface area contributed by atoms with Crippen LogP contribution in [0.5, 0.6) is 0 Å². The molecule has 1 aliphatic rings. The van der Waals surface area contributed by atoms with Gasteiger partial charge in [0.25, 0.3) is 0 Å². The highest BCUT2D eigenvalue weighted by molar-refractivity contribution is 5.95. The summed E-state index contributed by atoms with van der Waals surface area (Å²) in [5, 5.41) is 5.60. The van der Waals surface area contributed by atoms with E-state index in [9.17, 15) is 18.0 Å². The van der Waals surface area contributed by atoms with Crippen molar-refractivity contribution in [1.82, 2.24) is 5.32 Å². The van der Waals surface area contributed by atoms with Crippen LogP contribution in [0, 0.1) is 12.8 Å². The molecule has 110 valence electrons. The van der Waals surface area contributed by atoms with Gasteiger partial charge in [-0.05, 0) is 43.5 Å². The highest BCUT2D eigenvalue weighted by Gasteiger charge is 2.33. The molecule has 0 saturated carbocycles. The first-order valence-corrected chi connectivity index (χ1v) is 6.51. The van der Waals surface area contributed by atoms with Crippen molar-refractivity contribution in [1.29, 1.82) is 0 Å². The van der Waals surface area contributed by atoms with Gasteiger partial charge < -0.3 is 10.6 Å². The molecular formula is C14H17F3N2O. The van der Waals surface area contributed by atoms with Gasteiger partial charge in [0.1, 0.15) is 0 Å². The van der Waals surface area contributed by atoms with Gasteiger partial charge in [-0.15, -0.1) is 0 Å². The van der Waals surface area contributed by atoms with Crippen molar-refractivity contribution in [2.24, 2.45) is 5.92 Å². The lowest BCUT2D eigenvalue weighted by molar-refractivity contribution is -0.138. The second-order valence-electron chi connectivity index (χ2n) is 5.21. The molecule has 0 radical (unpaired) electrons. The van der Waals surface area contributed by atoms with Gasteiger partial charge in [0.2, 0.25) is 5.91 Å². The van der Waals surface area contributed by atoms with Crippen LogP contribution >= 0.6 is 0 Å². The number of hydrogen-bond donors (Lipinski definition) is 2. The minimum absolute atomic E-state index is 0.142. The average molecular weight is 286 g/mol. The Morgan fingerprint density at radius 1 is 1.40 bits per heavy atom. The molecule has 2 rings (SSSR count). The number of rotatable bonds is 2. The number of halogens is 3. The molecule has 1 saturated heterocycles. The summed E-state index contributed by atoms with van der Waals surface area (Å²) in [4.78, 5) is 12.0. The summed E-state index contributed by atoms with van der Waals surface area (Å²) < 4.78 is 38.4. The SMILES string of the molecule is Cc1ccc(NC(=O)C2NCCC2C)cc1C(F)(F)F. The predicted octanol–water partition coefficient (Wildman–Crippen LogP) is 2.95. The van der Waals surface area contributed by atoms with E-state index in [1.165, 1.54) is 19.1 Å². The number of hydrogen-bond acceptors (Lipinski definition) is 2.